The fourth-order valence-corrected chi connectivity index (χ4v) is 2.74. The molecule has 0 amide bonds. The summed E-state index contributed by atoms with van der Waals surface area (Å²) < 4.78 is 0.999. The zero-order valence-corrected chi connectivity index (χ0v) is 13.3. The average Bonchev–Trinajstić information content (AvgIpc) is 2.45. The van der Waals surface area contributed by atoms with Gasteiger partial charge in [0.2, 0.25) is 0 Å². The van der Waals surface area contributed by atoms with E-state index in [1.165, 1.54) is 0 Å². The SMILES string of the molecule is C[C@@H](O)c1ccc(N(C)CCc2ccccn2)c(Br)c1. The lowest BCUT2D eigenvalue weighted by Crippen LogP contribution is -2.21. The molecule has 1 aromatic carbocycles. The number of aliphatic hydroxyl groups is 1. The van der Waals surface area contributed by atoms with E-state index in [-0.39, 0.29) is 0 Å². The molecule has 0 spiro atoms. The molecule has 2 aromatic rings. The third kappa shape index (κ3) is 3.81. The number of benzene rings is 1. The van der Waals surface area contributed by atoms with Crippen LogP contribution in [0.5, 0.6) is 0 Å². The number of nitrogens with zero attached hydrogens (tertiary/aromatic N) is 2. The van der Waals surface area contributed by atoms with Gasteiger partial charge in [0.05, 0.1) is 11.8 Å². The summed E-state index contributed by atoms with van der Waals surface area (Å²) in [6.45, 7) is 2.66. The largest absolute Gasteiger partial charge is 0.389 e. The molecule has 0 saturated heterocycles. The Morgan fingerprint density at radius 2 is 2.10 bits per heavy atom. The molecule has 0 saturated carbocycles. The minimum Gasteiger partial charge on any atom is -0.389 e. The van der Waals surface area contributed by atoms with E-state index in [1.807, 2.05) is 42.6 Å². The fraction of sp³-hybridized carbons (Fsp3) is 0.312. The highest BCUT2D eigenvalue weighted by Gasteiger charge is 2.09. The quantitative estimate of drug-likeness (QED) is 0.907. The molecule has 1 aromatic heterocycles. The summed E-state index contributed by atoms with van der Waals surface area (Å²) in [4.78, 5) is 6.52. The molecule has 0 aliphatic carbocycles. The molecule has 1 atom stereocenters. The van der Waals surface area contributed by atoms with Gasteiger partial charge in [-0.3, -0.25) is 4.98 Å². The van der Waals surface area contributed by atoms with Crippen LogP contribution in [0.4, 0.5) is 5.69 Å². The van der Waals surface area contributed by atoms with Gasteiger partial charge in [0.25, 0.3) is 0 Å². The first kappa shape index (κ1) is 15.0. The summed E-state index contributed by atoms with van der Waals surface area (Å²) in [6.07, 6.45) is 2.28. The van der Waals surface area contributed by atoms with Gasteiger partial charge in [-0.1, -0.05) is 12.1 Å². The van der Waals surface area contributed by atoms with Crippen molar-refractivity contribution >= 4 is 21.6 Å². The second-order valence-electron chi connectivity index (χ2n) is 4.88. The van der Waals surface area contributed by atoms with Crippen LogP contribution in [0.2, 0.25) is 0 Å². The van der Waals surface area contributed by atoms with Gasteiger partial charge in [-0.2, -0.15) is 0 Å². The van der Waals surface area contributed by atoms with Crippen molar-refractivity contribution in [2.24, 2.45) is 0 Å². The zero-order valence-electron chi connectivity index (χ0n) is 11.8. The average molecular weight is 335 g/mol. The van der Waals surface area contributed by atoms with Crippen LogP contribution < -0.4 is 4.90 Å². The van der Waals surface area contributed by atoms with Crippen LogP contribution in [0.1, 0.15) is 24.3 Å². The zero-order chi connectivity index (χ0) is 14.5. The van der Waals surface area contributed by atoms with Crippen LogP contribution in [-0.4, -0.2) is 23.7 Å². The number of rotatable bonds is 5. The Balaban J connectivity index is 2.04. The molecule has 2 rings (SSSR count). The maximum atomic E-state index is 9.59. The number of pyridine rings is 1. The topological polar surface area (TPSA) is 36.4 Å². The summed E-state index contributed by atoms with van der Waals surface area (Å²) in [5.41, 5.74) is 3.13. The molecule has 1 N–H and O–H groups in total. The standard InChI is InChI=1S/C16H19BrN2O/c1-12(20)13-6-7-16(15(17)11-13)19(2)10-8-14-5-3-4-9-18-14/h3-7,9,11-12,20H,8,10H2,1-2H3/t12-/m1/s1. The van der Waals surface area contributed by atoms with Gasteiger partial charge in [-0.25, -0.2) is 0 Å². The van der Waals surface area contributed by atoms with Crippen molar-refractivity contribution in [3.8, 4) is 0 Å². The number of aliphatic hydroxyl groups excluding tert-OH is 1. The lowest BCUT2D eigenvalue weighted by Gasteiger charge is -2.21. The van der Waals surface area contributed by atoms with Crippen molar-refractivity contribution in [2.75, 3.05) is 18.5 Å². The predicted octanol–water partition coefficient (Wildman–Crippen LogP) is 3.58. The van der Waals surface area contributed by atoms with E-state index in [1.54, 1.807) is 6.92 Å². The minimum atomic E-state index is -0.445. The highest BCUT2D eigenvalue weighted by Crippen LogP contribution is 2.28. The number of likely N-dealkylation sites (N-methyl/N-ethyl adjacent to an activating group) is 1. The Labute approximate surface area is 128 Å². The van der Waals surface area contributed by atoms with E-state index in [0.717, 1.165) is 34.4 Å². The van der Waals surface area contributed by atoms with Crippen LogP contribution in [-0.2, 0) is 6.42 Å². The van der Waals surface area contributed by atoms with Gasteiger partial charge in [-0.15, -0.1) is 0 Å². The molecule has 4 heteroatoms. The molecular formula is C16H19BrN2O. The summed E-state index contributed by atoms with van der Waals surface area (Å²) in [6, 6.07) is 11.9. The summed E-state index contributed by atoms with van der Waals surface area (Å²) >= 11 is 3.57. The Kier molecular flexibility index (Phi) is 5.15. The van der Waals surface area contributed by atoms with E-state index in [2.05, 4.69) is 32.9 Å². The van der Waals surface area contributed by atoms with Crippen LogP contribution in [0.3, 0.4) is 0 Å². The van der Waals surface area contributed by atoms with Crippen LogP contribution in [0.15, 0.2) is 47.1 Å². The smallest absolute Gasteiger partial charge is 0.0762 e. The summed E-state index contributed by atoms with van der Waals surface area (Å²) in [5.74, 6) is 0. The lowest BCUT2D eigenvalue weighted by molar-refractivity contribution is 0.199. The van der Waals surface area contributed by atoms with Crippen molar-refractivity contribution in [2.45, 2.75) is 19.4 Å². The van der Waals surface area contributed by atoms with Gasteiger partial charge < -0.3 is 10.0 Å². The molecule has 0 unspecified atom stereocenters. The fourth-order valence-electron chi connectivity index (χ4n) is 2.04. The monoisotopic (exact) mass is 334 g/mol. The summed E-state index contributed by atoms with van der Waals surface area (Å²) in [7, 11) is 2.06. The highest BCUT2D eigenvalue weighted by atomic mass is 79.9. The first-order chi connectivity index (χ1) is 9.58. The van der Waals surface area contributed by atoms with Crippen molar-refractivity contribution in [1.29, 1.82) is 0 Å². The maximum absolute atomic E-state index is 9.59. The number of aromatic nitrogens is 1. The molecule has 0 aliphatic heterocycles. The third-order valence-corrected chi connectivity index (χ3v) is 3.93. The Hall–Kier alpha value is -1.39. The van der Waals surface area contributed by atoms with Gasteiger partial charge in [0.1, 0.15) is 0 Å². The molecule has 1 heterocycles. The van der Waals surface area contributed by atoms with Gasteiger partial charge in [0.15, 0.2) is 0 Å². The molecule has 0 bridgehead atoms. The second-order valence-corrected chi connectivity index (χ2v) is 5.73. The molecule has 0 fully saturated rings. The van der Waals surface area contributed by atoms with Crippen molar-refractivity contribution < 1.29 is 5.11 Å². The van der Waals surface area contributed by atoms with Crippen molar-refractivity contribution in [1.82, 2.24) is 4.98 Å². The molecule has 106 valence electrons. The van der Waals surface area contributed by atoms with E-state index in [4.69, 9.17) is 0 Å². The van der Waals surface area contributed by atoms with Gasteiger partial charge >= 0.3 is 0 Å². The molecule has 0 radical (unpaired) electrons. The molecule has 3 nitrogen and oxygen atoms in total. The van der Waals surface area contributed by atoms with E-state index in [0.29, 0.717) is 0 Å². The Morgan fingerprint density at radius 3 is 2.70 bits per heavy atom. The molecule has 20 heavy (non-hydrogen) atoms. The van der Waals surface area contributed by atoms with E-state index >= 15 is 0 Å². The molecule has 0 aliphatic rings. The summed E-state index contributed by atoms with van der Waals surface area (Å²) in [5, 5.41) is 9.59. The number of halogens is 1. The van der Waals surface area contributed by atoms with Crippen molar-refractivity contribution in [3.05, 3.63) is 58.3 Å². The van der Waals surface area contributed by atoms with Gasteiger partial charge in [0, 0.05) is 36.4 Å². The molecular weight excluding hydrogens is 316 g/mol. The number of hydrogen-bond acceptors (Lipinski definition) is 3. The van der Waals surface area contributed by atoms with Gasteiger partial charge in [-0.05, 0) is 52.7 Å². The minimum absolute atomic E-state index is 0.445. The van der Waals surface area contributed by atoms with Crippen molar-refractivity contribution in [3.63, 3.8) is 0 Å². The number of hydrogen-bond donors (Lipinski definition) is 1. The van der Waals surface area contributed by atoms with Crippen LogP contribution >= 0.6 is 15.9 Å². The maximum Gasteiger partial charge on any atom is 0.0762 e. The Morgan fingerprint density at radius 1 is 1.30 bits per heavy atom. The number of anilines is 1. The second kappa shape index (κ2) is 6.86. The first-order valence-corrected chi connectivity index (χ1v) is 7.46. The van der Waals surface area contributed by atoms with E-state index in [9.17, 15) is 5.11 Å². The highest BCUT2D eigenvalue weighted by molar-refractivity contribution is 9.10. The normalized spacial score (nSPS) is 12.2. The predicted molar refractivity (Wildman–Crippen MR) is 86.0 cm³/mol. The Bertz CT molecular complexity index is 558. The van der Waals surface area contributed by atoms with Crippen LogP contribution in [0, 0.1) is 0 Å². The van der Waals surface area contributed by atoms with Crippen LogP contribution in [0.25, 0.3) is 0 Å². The lowest BCUT2D eigenvalue weighted by atomic mass is 10.1. The first-order valence-electron chi connectivity index (χ1n) is 6.66. The van der Waals surface area contributed by atoms with E-state index < -0.39 is 6.10 Å². The third-order valence-electron chi connectivity index (χ3n) is 3.29.